The van der Waals surface area contributed by atoms with Crippen molar-refractivity contribution in [2.75, 3.05) is 0 Å². The largest absolute Gasteiger partial charge is 0.369 e. The fraction of sp³-hybridized carbons (Fsp3) is 0. The Morgan fingerprint density at radius 2 is 2.38 bits per heavy atom. The van der Waals surface area contributed by atoms with Crippen molar-refractivity contribution in [2.45, 2.75) is 0 Å². The zero-order valence-corrected chi connectivity index (χ0v) is 6.79. The first kappa shape index (κ1) is 9.18. The summed E-state index contributed by atoms with van der Waals surface area (Å²) in [5.74, 6) is -0.584. The third-order valence-corrected chi connectivity index (χ3v) is 1.25. The van der Waals surface area contributed by atoms with E-state index in [1.165, 1.54) is 18.3 Å². The van der Waals surface area contributed by atoms with Crippen molar-refractivity contribution in [3.63, 3.8) is 0 Å². The number of nitrogens with two attached hydrogens (primary N) is 1. The van der Waals surface area contributed by atoms with Crippen LogP contribution >= 0.6 is 0 Å². The smallest absolute Gasteiger partial charge is 0.206 e. The van der Waals surface area contributed by atoms with E-state index < -0.39 is 0 Å². The molecule has 0 aromatic heterocycles. The van der Waals surface area contributed by atoms with E-state index in [2.05, 4.69) is 10.5 Å². The Morgan fingerprint density at radius 3 is 3.00 bits per heavy atom. The third kappa shape index (κ3) is 3.33. The fourth-order valence-corrected chi connectivity index (χ4v) is 0.763. The van der Waals surface area contributed by atoms with E-state index in [0.29, 0.717) is 5.56 Å². The first-order chi connectivity index (χ1) is 6.18. The lowest BCUT2D eigenvalue weighted by Crippen LogP contribution is -2.25. The van der Waals surface area contributed by atoms with Gasteiger partial charge in [0.1, 0.15) is 5.82 Å². The van der Waals surface area contributed by atoms with Gasteiger partial charge in [-0.15, -0.1) is 0 Å². The second-order valence-electron chi connectivity index (χ2n) is 2.34. The van der Waals surface area contributed by atoms with Crippen LogP contribution in [0, 0.1) is 11.2 Å². The van der Waals surface area contributed by atoms with Crippen molar-refractivity contribution in [1.29, 1.82) is 5.41 Å². The van der Waals surface area contributed by atoms with E-state index in [-0.39, 0.29) is 11.8 Å². The standard InChI is InChI=1S/C8H9FN4/c9-7-3-1-2-6(4-7)5-12-13-8(10)11/h1-5H,(H4,10,11,13)/b12-5+. The minimum absolute atomic E-state index is 0.257. The lowest BCUT2D eigenvalue weighted by molar-refractivity contribution is 0.627. The van der Waals surface area contributed by atoms with Crippen LogP contribution in [0.3, 0.4) is 0 Å². The second-order valence-corrected chi connectivity index (χ2v) is 2.34. The second kappa shape index (κ2) is 4.20. The minimum atomic E-state index is -0.327. The number of nitrogens with one attached hydrogen (secondary N) is 2. The highest BCUT2D eigenvalue weighted by Gasteiger charge is 1.90. The van der Waals surface area contributed by atoms with Gasteiger partial charge in [-0.05, 0) is 17.7 Å². The van der Waals surface area contributed by atoms with Crippen molar-refractivity contribution >= 4 is 12.2 Å². The molecule has 0 fully saturated rings. The number of benzene rings is 1. The highest BCUT2D eigenvalue weighted by Crippen LogP contribution is 1.99. The summed E-state index contributed by atoms with van der Waals surface area (Å²) in [5.41, 5.74) is 7.80. The topological polar surface area (TPSA) is 74.3 Å². The molecule has 0 unspecified atom stereocenters. The van der Waals surface area contributed by atoms with Crippen LogP contribution < -0.4 is 11.2 Å². The predicted molar refractivity (Wildman–Crippen MR) is 49.0 cm³/mol. The Bertz CT molecular complexity index is 335. The van der Waals surface area contributed by atoms with Crippen LogP contribution in [0.15, 0.2) is 29.4 Å². The lowest BCUT2D eigenvalue weighted by atomic mass is 10.2. The number of guanidine groups is 1. The van der Waals surface area contributed by atoms with Crippen molar-refractivity contribution in [3.8, 4) is 0 Å². The molecule has 5 heteroatoms. The summed E-state index contributed by atoms with van der Waals surface area (Å²) in [6.07, 6.45) is 1.38. The van der Waals surface area contributed by atoms with Crippen LogP contribution in [-0.2, 0) is 0 Å². The number of rotatable bonds is 2. The van der Waals surface area contributed by atoms with Crippen LogP contribution in [-0.4, -0.2) is 12.2 Å². The van der Waals surface area contributed by atoms with Gasteiger partial charge in [-0.25, -0.2) is 9.82 Å². The molecule has 0 aliphatic carbocycles. The summed E-state index contributed by atoms with van der Waals surface area (Å²) in [5, 5.41) is 10.4. The van der Waals surface area contributed by atoms with Gasteiger partial charge in [-0.2, -0.15) is 5.10 Å². The summed E-state index contributed by atoms with van der Waals surface area (Å²) >= 11 is 0. The molecule has 1 rings (SSSR count). The molecule has 0 atom stereocenters. The first-order valence-corrected chi connectivity index (χ1v) is 3.57. The number of hydrogen-bond acceptors (Lipinski definition) is 2. The molecule has 0 saturated heterocycles. The number of nitrogens with zero attached hydrogens (tertiary/aromatic N) is 1. The Hall–Kier alpha value is -1.91. The van der Waals surface area contributed by atoms with Gasteiger partial charge in [0.25, 0.3) is 0 Å². The van der Waals surface area contributed by atoms with Crippen molar-refractivity contribution in [2.24, 2.45) is 10.8 Å². The number of hydrogen-bond donors (Lipinski definition) is 3. The minimum Gasteiger partial charge on any atom is -0.369 e. The molecule has 0 aliphatic heterocycles. The third-order valence-electron chi connectivity index (χ3n) is 1.25. The van der Waals surface area contributed by atoms with Gasteiger partial charge in [-0.3, -0.25) is 5.41 Å². The molecule has 0 aliphatic rings. The van der Waals surface area contributed by atoms with Gasteiger partial charge in [0.2, 0.25) is 5.96 Å². The summed E-state index contributed by atoms with van der Waals surface area (Å²) in [6, 6.07) is 5.93. The van der Waals surface area contributed by atoms with Crippen LogP contribution in [0.1, 0.15) is 5.56 Å². The summed E-state index contributed by atoms with van der Waals surface area (Å²) in [7, 11) is 0. The van der Waals surface area contributed by atoms with Gasteiger partial charge >= 0.3 is 0 Å². The molecule has 1 aromatic rings. The Kier molecular flexibility index (Phi) is 2.97. The van der Waals surface area contributed by atoms with Gasteiger partial charge in [0, 0.05) is 0 Å². The van der Waals surface area contributed by atoms with E-state index >= 15 is 0 Å². The molecule has 0 spiro atoms. The molecule has 0 amide bonds. The van der Waals surface area contributed by atoms with Gasteiger partial charge < -0.3 is 5.73 Å². The first-order valence-electron chi connectivity index (χ1n) is 3.57. The van der Waals surface area contributed by atoms with Crippen molar-refractivity contribution in [3.05, 3.63) is 35.6 Å². The maximum Gasteiger partial charge on any atom is 0.206 e. The van der Waals surface area contributed by atoms with E-state index in [9.17, 15) is 4.39 Å². The average Bonchev–Trinajstić information content (AvgIpc) is 2.03. The summed E-state index contributed by atoms with van der Waals surface area (Å²) in [4.78, 5) is 0. The van der Waals surface area contributed by atoms with Gasteiger partial charge in [-0.1, -0.05) is 12.1 Å². The monoisotopic (exact) mass is 180 g/mol. The molecule has 0 radical (unpaired) electrons. The Morgan fingerprint density at radius 1 is 1.62 bits per heavy atom. The quantitative estimate of drug-likeness (QED) is 0.355. The highest BCUT2D eigenvalue weighted by molar-refractivity contribution is 5.81. The number of halogens is 1. The summed E-state index contributed by atoms with van der Waals surface area (Å²) < 4.78 is 12.6. The molecule has 0 heterocycles. The molecule has 1 aromatic carbocycles. The zero-order chi connectivity index (χ0) is 9.68. The lowest BCUT2D eigenvalue weighted by Gasteiger charge is -1.94. The maximum absolute atomic E-state index is 12.6. The van der Waals surface area contributed by atoms with Crippen LogP contribution in [0.25, 0.3) is 0 Å². The molecular formula is C8H9FN4. The van der Waals surface area contributed by atoms with Gasteiger partial charge in [0.05, 0.1) is 6.21 Å². The molecule has 0 saturated carbocycles. The molecule has 0 bridgehead atoms. The van der Waals surface area contributed by atoms with Gasteiger partial charge in [0.15, 0.2) is 0 Å². The maximum atomic E-state index is 12.6. The zero-order valence-electron chi connectivity index (χ0n) is 6.79. The summed E-state index contributed by atoms with van der Waals surface area (Å²) in [6.45, 7) is 0. The highest BCUT2D eigenvalue weighted by atomic mass is 19.1. The van der Waals surface area contributed by atoms with Crippen LogP contribution in [0.4, 0.5) is 4.39 Å². The number of hydrazone groups is 1. The average molecular weight is 180 g/mol. The van der Waals surface area contributed by atoms with E-state index in [1.54, 1.807) is 12.1 Å². The SMILES string of the molecule is N=C(N)N/N=C/c1cccc(F)c1. The van der Waals surface area contributed by atoms with E-state index in [4.69, 9.17) is 11.1 Å². The molecule has 4 N–H and O–H groups in total. The van der Waals surface area contributed by atoms with Crippen LogP contribution in [0.2, 0.25) is 0 Å². The van der Waals surface area contributed by atoms with Crippen molar-refractivity contribution in [1.82, 2.24) is 5.43 Å². The Labute approximate surface area is 74.8 Å². The molecular weight excluding hydrogens is 171 g/mol. The molecule has 13 heavy (non-hydrogen) atoms. The van der Waals surface area contributed by atoms with Crippen molar-refractivity contribution < 1.29 is 4.39 Å². The van der Waals surface area contributed by atoms with E-state index in [0.717, 1.165) is 0 Å². The normalized spacial score (nSPS) is 10.2. The fourth-order valence-electron chi connectivity index (χ4n) is 0.763. The predicted octanol–water partition coefficient (Wildman–Crippen LogP) is 0.643. The molecule has 68 valence electrons. The van der Waals surface area contributed by atoms with E-state index in [1.807, 2.05) is 0 Å². The molecule has 4 nitrogen and oxygen atoms in total. The van der Waals surface area contributed by atoms with Crippen LogP contribution in [0.5, 0.6) is 0 Å². The Balaban J connectivity index is 2.63.